The van der Waals surface area contributed by atoms with Gasteiger partial charge < -0.3 is 20.0 Å². The molecule has 2 aliphatic rings. The fraction of sp³-hybridized carbons (Fsp3) is 0.476. The number of nitrogens with one attached hydrogen (secondary N) is 2. The van der Waals surface area contributed by atoms with Gasteiger partial charge in [-0.2, -0.15) is 19.5 Å². The van der Waals surface area contributed by atoms with Crippen LogP contribution in [0.4, 0.5) is 27.7 Å². The van der Waals surface area contributed by atoms with Gasteiger partial charge in [0.05, 0.1) is 11.7 Å². The molecule has 2 fully saturated rings. The molecule has 1 aromatic carbocycles. The van der Waals surface area contributed by atoms with Crippen LogP contribution in [0.3, 0.4) is 0 Å². The van der Waals surface area contributed by atoms with Crippen LogP contribution in [0.25, 0.3) is 10.9 Å². The van der Waals surface area contributed by atoms with Crippen molar-refractivity contribution >= 4 is 34.2 Å². The highest BCUT2D eigenvalue weighted by atomic mass is 19.1. The molecule has 0 amide bonds. The van der Waals surface area contributed by atoms with Gasteiger partial charge in [0.1, 0.15) is 0 Å². The molecule has 158 valence electrons. The van der Waals surface area contributed by atoms with E-state index in [1.54, 1.807) is 11.1 Å². The second-order valence-corrected chi connectivity index (χ2v) is 8.22. The molecule has 2 N–H and O–H groups in total. The van der Waals surface area contributed by atoms with Gasteiger partial charge in [-0.25, -0.2) is 0 Å². The van der Waals surface area contributed by atoms with Crippen LogP contribution >= 0.6 is 0 Å². The first-order valence-electron chi connectivity index (χ1n) is 10.5. The normalized spacial score (nSPS) is 20.7. The van der Waals surface area contributed by atoms with Crippen molar-refractivity contribution in [3.05, 3.63) is 30.2 Å². The summed E-state index contributed by atoms with van der Waals surface area (Å²) in [7, 11) is 3.64. The molecule has 8 nitrogen and oxygen atoms in total. The van der Waals surface area contributed by atoms with Gasteiger partial charge in [0.2, 0.25) is 11.8 Å². The van der Waals surface area contributed by atoms with E-state index >= 15 is 4.39 Å². The number of piperazine rings is 1. The molecule has 3 aromatic rings. The van der Waals surface area contributed by atoms with E-state index in [0.29, 0.717) is 36.2 Å². The fourth-order valence-corrected chi connectivity index (χ4v) is 4.66. The van der Waals surface area contributed by atoms with Crippen LogP contribution in [-0.2, 0) is 0 Å². The lowest BCUT2D eigenvalue weighted by Crippen LogP contribution is -2.52. The van der Waals surface area contributed by atoms with Crippen LogP contribution in [0.2, 0.25) is 0 Å². The van der Waals surface area contributed by atoms with Crippen molar-refractivity contribution in [2.24, 2.45) is 0 Å². The van der Waals surface area contributed by atoms with Crippen LogP contribution in [0, 0.1) is 5.82 Å². The third-order valence-corrected chi connectivity index (χ3v) is 6.15. The first kappa shape index (κ1) is 19.0. The number of aromatic amines is 1. The van der Waals surface area contributed by atoms with Crippen molar-refractivity contribution < 1.29 is 4.39 Å². The topological polar surface area (TPSA) is 76.2 Å². The Morgan fingerprint density at radius 2 is 1.87 bits per heavy atom. The Bertz CT molecular complexity index is 1050. The van der Waals surface area contributed by atoms with Crippen molar-refractivity contribution in [3.63, 3.8) is 0 Å². The maximum Gasteiger partial charge on any atom is 0.230 e. The molecule has 2 saturated heterocycles. The second kappa shape index (κ2) is 7.39. The highest BCUT2D eigenvalue weighted by Crippen LogP contribution is 2.36. The Hall–Kier alpha value is -2.94. The Kier molecular flexibility index (Phi) is 4.69. The standard InChI is InChI=1S/C21H27FN8/c1-4-29(14-7-8-17-13(9-14)10-24-27-17)20-18(22)19(28(2)3)25-21(26-20)30-15-5-6-16(30)12-23-11-15/h7-10,15-16,23H,4-6,11-12H2,1-3H3,(H,24,27). The number of anilines is 4. The van der Waals surface area contributed by atoms with E-state index in [2.05, 4.69) is 25.4 Å². The Balaban J connectivity index is 1.63. The molecule has 2 aromatic heterocycles. The monoisotopic (exact) mass is 410 g/mol. The quantitative estimate of drug-likeness (QED) is 0.670. The maximum absolute atomic E-state index is 15.6. The van der Waals surface area contributed by atoms with Crippen LogP contribution < -0.4 is 20.0 Å². The molecular weight excluding hydrogens is 383 g/mol. The summed E-state index contributed by atoms with van der Waals surface area (Å²) in [4.78, 5) is 15.3. The fourth-order valence-electron chi connectivity index (χ4n) is 4.66. The van der Waals surface area contributed by atoms with Crippen LogP contribution in [0.5, 0.6) is 0 Å². The lowest BCUT2D eigenvalue weighted by molar-refractivity contribution is 0.475. The van der Waals surface area contributed by atoms with E-state index < -0.39 is 5.82 Å². The van der Waals surface area contributed by atoms with E-state index in [0.717, 1.165) is 42.5 Å². The first-order valence-corrected chi connectivity index (χ1v) is 10.5. The Morgan fingerprint density at radius 3 is 2.57 bits per heavy atom. The summed E-state index contributed by atoms with van der Waals surface area (Å²) in [5, 5.41) is 11.5. The van der Waals surface area contributed by atoms with Crippen molar-refractivity contribution in [2.75, 3.05) is 48.4 Å². The number of fused-ring (bicyclic) bond motifs is 3. The third kappa shape index (κ3) is 3.04. The van der Waals surface area contributed by atoms with Gasteiger partial charge in [0.15, 0.2) is 11.6 Å². The largest absolute Gasteiger partial charge is 0.360 e. The van der Waals surface area contributed by atoms with Gasteiger partial charge in [0, 0.05) is 56.9 Å². The minimum atomic E-state index is -0.402. The van der Waals surface area contributed by atoms with Gasteiger partial charge in [0.25, 0.3) is 0 Å². The number of benzene rings is 1. The molecule has 2 bridgehead atoms. The number of H-pyrrole nitrogens is 1. The van der Waals surface area contributed by atoms with Crippen molar-refractivity contribution in [1.29, 1.82) is 0 Å². The number of hydrogen-bond donors (Lipinski definition) is 2. The van der Waals surface area contributed by atoms with E-state index in [1.165, 1.54) is 0 Å². The summed E-state index contributed by atoms with van der Waals surface area (Å²) in [5.74, 6) is 0.843. The van der Waals surface area contributed by atoms with E-state index in [4.69, 9.17) is 4.98 Å². The molecule has 0 saturated carbocycles. The summed E-state index contributed by atoms with van der Waals surface area (Å²) in [6, 6.07) is 6.65. The molecule has 2 unspecified atom stereocenters. The van der Waals surface area contributed by atoms with Crippen molar-refractivity contribution in [3.8, 4) is 0 Å². The zero-order valence-electron chi connectivity index (χ0n) is 17.6. The summed E-state index contributed by atoms with van der Waals surface area (Å²) in [6.07, 6.45) is 4.00. The summed E-state index contributed by atoms with van der Waals surface area (Å²) in [5.41, 5.74) is 1.83. The minimum absolute atomic E-state index is 0.312. The average Bonchev–Trinajstić information content (AvgIpc) is 3.30. The molecule has 2 atom stereocenters. The van der Waals surface area contributed by atoms with Crippen molar-refractivity contribution in [2.45, 2.75) is 31.8 Å². The average molecular weight is 411 g/mol. The predicted octanol–water partition coefficient (Wildman–Crippen LogP) is 2.66. The van der Waals surface area contributed by atoms with E-state index in [1.807, 2.05) is 44.1 Å². The van der Waals surface area contributed by atoms with Gasteiger partial charge in [-0.15, -0.1) is 0 Å². The molecule has 0 aliphatic carbocycles. The van der Waals surface area contributed by atoms with Crippen LogP contribution in [0.15, 0.2) is 24.4 Å². The number of aromatic nitrogens is 4. The Morgan fingerprint density at radius 1 is 1.13 bits per heavy atom. The molecule has 2 aliphatic heterocycles. The number of halogens is 1. The molecule has 0 spiro atoms. The highest BCUT2D eigenvalue weighted by molar-refractivity contribution is 5.83. The minimum Gasteiger partial charge on any atom is -0.360 e. The maximum atomic E-state index is 15.6. The zero-order valence-corrected chi connectivity index (χ0v) is 17.6. The lowest BCUT2D eigenvalue weighted by atomic mass is 10.2. The molecule has 0 radical (unpaired) electrons. The zero-order chi connectivity index (χ0) is 20.8. The van der Waals surface area contributed by atoms with Gasteiger partial charge in [-0.1, -0.05) is 0 Å². The number of hydrogen-bond acceptors (Lipinski definition) is 7. The van der Waals surface area contributed by atoms with Crippen LogP contribution in [-0.4, -0.2) is 66.0 Å². The first-order chi connectivity index (χ1) is 14.6. The molecular formula is C21H27FN8. The predicted molar refractivity (Wildman–Crippen MR) is 117 cm³/mol. The Labute approximate surface area is 175 Å². The summed E-state index contributed by atoms with van der Waals surface area (Å²) >= 11 is 0. The number of rotatable bonds is 5. The lowest BCUT2D eigenvalue weighted by Gasteiger charge is -2.36. The second-order valence-electron chi connectivity index (χ2n) is 8.22. The molecule has 9 heteroatoms. The van der Waals surface area contributed by atoms with Gasteiger partial charge >= 0.3 is 0 Å². The molecule has 30 heavy (non-hydrogen) atoms. The van der Waals surface area contributed by atoms with Crippen molar-refractivity contribution in [1.82, 2.24) is 25.5 Å². The summed E-state index contributed by atoms with van der Waals surface area (Å²) in [6.45, 7) is 4.42. The van der Waals surface area contributed by atoms with Gasteiger partial charge in [-0.3, -0.25) is 5.10 Å². The molecule has 5 rings (SSSR count). The summed E-state index contributed by atoms with van der Waals surface area (Å²) < 4.78 is 15.6. The smallest absolute Gasteiger partial charge is 0.230 e. The van der Waals surface area contributed by atoms with E-state index in [9.17, 15) is 0 Å². The third-order valence-electron chi connectivity index (χ3n) is 6.15. The van der Waals surface area contributed by atoms with Gasteiger partial charge in [-0.05, 0) is 38.0 Å². The van der Waals surface area contributed by atoms with Crippen LogP contribution in [0.1, 0.15) is 19.8 Å². The number of nitrogens with zero attached hydrogens (tertiary/aromatic N) is 6. The highest BCUT2D eigenvalue weighted by Gasteiger charge is 2.39. The van der Waals surface area contributed by atoms with E-state index in [-0.39, 0.29) is 0 Å². The SMILES string of the molecule is CCN(c1ccc2[nH]ncc2c1)c1nc(N2C3CCC2CNC3)nc(N(C)C)c1F. The molecule has 4 heterocycles.